The fourth-order valence-corrected chi connectivity index (χ4v) is 2.81. The Bertz CT molecular complexity index is 968. The van der Waals surface area contributed by atoms with Crippen LogP contribution in [-0.4, -0.2) is 30.0 Å². The fraction of sp³-hybridized carbons (Fsp3) is 0.364. The normalized spacial score (nSPS) is 10.6. The van der Waals surface area contributed by atoms with Crippen LogP contribution in [0, 0.1) is 30.9 Å². The summed E-state index contributed by atoms with van der Waals surface area (Å²) >= 11 is 0. The van der Waals surface area contributed by atoms with Crippen LogP contribution in [0.2, 0.25) is 0 Å². The van der Waals surface area contributed by atoms with E-state index in [1.807, 2.05) is 39.0 Å². The highest BCUT2D eigenvalue weighted by Gasteiger charge is 2.18. The van der Waals surface area contributed by atoms with E-state index < -0.39 is 23.4 Å². The zero-order valence-electron chi connectivity index (χ0n) is 17.8. The standard InChI is InChI=1S/C22H26N2O6/c1-13(2)17-7-6-14(3)8-20(17)29-12-22(26)30-11-21(25)23-18-9-15(4)16(5)10-19(18)24(27)28/h6-10,13H,11-12H2,1-5H3,(H,23,25). The SMILES string of the molecule is Cc1ccc(C(C)C)c(OCC(=O)OCC(=O)Nc2cc(C)c(C)cc2[N+](=O)[O-])c1. The van der Waals surface area contributed by atoms with Crippen LogP contribution >= 0.6 is 0 Å². The van der Waals surface area contributed by atoms with Gasteiger partial charge in [0.15, 0.2) is 13.2 Å². The average Bonchev–Trinajstić information content (AvgIpc) is 2.67. The predicted octanol–water partition coefficient (Wildman–Crippen LogP) is 4.20. The summed E-state index contributed by atoms with van der Waals surface area (Å²) in [6.07, 6.45) is 0. The molecule has 0 aromatic heterocycles. The van der Waals surface area contributed by atoms with Gasteiger partial charge in [-0.05, 0) is 61.1 Å². The molecule has 160 valence electrons. The number of ether oxygens (including phenoxy) is 2. The first-order chi connectivity index (χ1) is 14.1. The molecule has 0 heterocycles. The number of esters is 1. The van der Waals surface area contributed by atoms with E-state index in [1.54, 1.807) is 13.8 Å². The number of benzene rings is 2. The maximum Gasteiger partial charge on any atom is 0.344 e. The molecule has 8 nitrogen and oxygen atoms in total. The molecule has 0 unspecified atom stereocenters. The number of nitro groups is 1. The number of nitro benzene ring substituents is 1. The molecule has 0 aliphatic carbocycles. The average molecular weight is 414 g/mol. The lowest BCUT2D eigenvalue weighted by molar-refractivity contribution is -0.384. The van der Waals surface area contributed by atoms with Crippen molar-refractivity contribution in [3.63, 3.8) is 0 Å². The molecule has 0 saturated carbocycles. The molecule has 0 atom stereocenters. The van der Waals surface area contributed by atoms with Gasteiger partial charge in [0.25, 0.3) is 11.6 Å². The largest absolute Gasteiger partial charge is 0.482 e. The van der Waals surface area contributed by atoms with E-state index in [4.69, 9.17) is 9.47 Å². The van der Waals surface area contributed by atoms with Crippen molar-refractivity contribution in [3.8, 4) is 5.75 Å². The van der Waals surface area contributed by atoms with E-state index in [2.05, 4.69) is 5.32 Å². The van der Waals surface area contributed by atoms with Gasteiger partial charge in [0, 0.05) is 6.07 Å². The van der Waals surface area contributed by atoms with E-state index in [0.29, 0.717) is 5.75 Å². The predicted molar refractivity (Wildman–Crippen MR) is 113 cm³/mol. The van der Waals surface area contributed by atoms with Crippen LogP contribution in [0.1, 0.15) is 42.0 Å². The van der Waals surface area contributed by atoms with Crippen molar-refractivity contribution in [1.82, 2.24) is 0 Å². The third kappa shape index (κ3) is 6.04. The van der Waals surface area contributed by atoms with Gasteiger partial charge in [-0.1, -0.05) is 26.0 Å². The molecule has 2 aromatic carbocycles. The van der Waals surface area contributed by atoms with Crippen molar-refractivity contribution < 1.29 is 24.0 Å². The Labute approximate surface area is 175 Å². The molecule has 0 radical (unpaired) electrons. The fourth-order valence-electron chi connectivity index (χ4n) is 2.81. The third-order valence-corrected chi connectivity index (χ3v) is 4.58. The zero-order valence-corrected chi connectivity index (χ0v) is 17.8. The van der Waals surface area contributed by atoms with Gasteiger partial charge in [0.1, 0.15) is 11.4 Å². The minimum Gasteiger partial charge on any atom is -0.482 e. The van der Waals surface area contributed by atoms with Gasteiger partial charge in [-0.15, -0.1) is 0 Å². The van der Waals surface area contributed by atoms with Crippen LogP contribution in [0.25, 0.3) is 0 Å². The number of nitrogens with zero attached hydrogens (tertiary/aromatic N) is 1. The van der Waals surface area contributed by atoms with Gasteiger partial charge >= 0.3 is 5.97 Å². The maximum absolute atomic E-state index is 12.1. The lowest BCUT2D eigenvalue weighted by Crippen LogP contribution is -2.24. The summed E-state index contributed by atoms with van der Waals surface area (Å²) in [5.74, 6) is -0.572. The number of anilines is 1. The number of rotatable bonds is 8. The molecule has 0 fully saturated rings. The molecular weight excluding hydrogens is 388 g/mol. The maximum atomic E-state index is 12.1. The highest BCUT2D eigenvalue weighted by Crippen LogP contribution is 2.28. The number of carbonyl (C=O) groups is 2. The molecule has 0 saturated heterocycles. The molecule has 0 spiro atoms. The van der Waals surface area contributed by atoms with E-state index in [9.17, 15) is 19.7 Å². The number of aryl methyl sites for hydroxylation is 3. The molecule has 0 bridgehead atoms. The Morgan fingerprint density at radius 3 is 2.37 bits per heavy atom. The number of hydrogen-bond acceptors (Lipinski definition) is 6. The molecule has 2 aromatic rings. The summed E-state index contributed by atoms with van der Waals surface area (Å²) in [4.78, 5) is 34.7. The Kier molecular flexibility index (Phi) is 7.52. The Morgan fingerprint density at radius 1 is 1.07 bits per heavy atom. The highest BCUT2D eigenvalue weighted by atomic mass is 16.6. The Balaban J connectivity index is 1.93. The van der Waals surface area contributed by atoms with Gasteiger partial charge in [0.05, 0.1) is 4.92 Å². The molecule has 2 rings (SSSR count). The molecule has 0 aliphatic rings. The van der Waals surface area contributed by atoms with Gasteiger partial charge < -0.3 is 14.8 Å². The number of nitrogens with one attached hydrogen (secondary N) is 1. The van der Waals surface area contributed by atoms with Crippen molar-refractivity contribution in [1.29, 1.82) is 0 Å². The smallest absolute Gasteiger partial charge is 0.344 e. The van der Waals surface area contributed by atoms with E-state index in [1.165, 1.54) is 12.1 Å². The molecule has 30 heavy (non-hydrogen) atoms. The number of hydrogen-bond donors (Lipinski definition) is 1. The Hall–Kier alpha value is -3.42. The van der Waals surface area contributed by atoms with Crippen LogP contribution in [0.5, 0.6) is 5.75 Å². The first kappa shape index (κ1) is 22.9. The number of amides is 1. The van der Waals surface area contributed by atoms with Crippen LogP contribution < -0.4 is 10.1 Å². The summed E-state index contributed by atoms with van der Waals surface area (Å²) in [7, 11) is 0. The second kappa shape index (κ2) is 9.87. The molecule has 1 N–H and O–H groups in total. The quantitative estimate of drug-likeness (QED) is 0.394. The Morgan fingerprint density at radius 2 is 1.73 bits per heavy atom. The third-order valence-electron chi connectivity index (χ3n) is 4.58. The molecular formula is C22H26N2O6. The van der Waals surface area contributed by atoms with E-state index in [0.717, 1.165) is 22.3 Å². The van der Waals surface area contributed by atoms with Crippen LogP contribution in [0.3, 0.4) is 0 Å². The molecule has 0 aliphatic heterocycles. The van der Waals surface area contributed by atoms with Crippen molar-refractivity contribution >= 4 is 23.3 Å². The molecule has 8 heteroatoms. The topological polar surface area (TPSA) is 108 Å². The zero-order chi connectivity index (χ0) is 22.4. The second-order valence-corrected chi connectivity index (χ2v) is 7.40. The lowest BCUT2D eigenvalue weighted by atomic mass is 10.0. The van der Waals surface area contributed by atoms with Crippen molar-refractivity contribution in [2.45, 2.75) is 40.5 Å². The second-order valence-electron chi connectivity index (χ2n) is 7.40. The van der Waals surface area contributed by atoms with Crippen molar-refractivity contribution in [2.24, 2.45) is 0 Å². The summed E-state index contributed by atoms with van der Waals surface area (Å²) in [5, 5.41) is 13.6. The minimum atomic E-state index is -0.712. The van der Waals surface area contributed by atoms with E-state index >= 15 is 0 Å². The monoisotopic (exact) mass is 414 g/mol. The van der Waals surface area contributed by atoms with Crippen LogP contribution in [0.15, 0.2) is 30.3 Å². The summed E-state index contributed by atoms with van der Waals surface area (Å²) in [6, 6.07) is 8.66. The van der Waals surface area contributed by atoms with Crippen LogP contribution in [0.4, 0.5) is 11.4 Å². The van der Waals surface area contributed by atoms with Crippen LogP contribution in [-0.2, 0) is 14.3 Å². The minimum absolute atomic E-state index is 0.0572. The van der Waals surface area contributed by atoms with Gasteiger partial charge in [-0.3, -0.25) is 14.9 Å². The lowest BCUT2D eigenvalue weighted by Gasteiger charge is -2.14. The van der Waals surface area contributed by atoms with Gasteiger partial charge in [0.2, 0.25) is 0 Å². The summed E-state index contributed by atoms with van der Waals surface area (Å²) in [5.41, 5.74) is 3.33. The van der Waals surface area contributed by atoms with E-state index in [-0.39, 0.29) is 23.9 Å². The summed E-state index contributed by atoms with van der Waals surface area (Å²) < 4.78 is 10.5. The molecule has 1 amide bonds. The first-order valence-corrected chi connectivity index (χ1v) is 9.53. The van der Waals surface area contributed by atoms with Gasteiger partial charge in [-0.2, -0.15) is 0 Å². The first-order valence-electron chi connectivity index (χ1n) is 9.53. The van der Waals surface area contributed by atoms with Crippen molar-refractivity contribution in [3.05, 3.63) is 62.7 Å². The van der Waals surface area contributed by atoms with Gasteiger partial charge in [-0.25, -0.2) is 4.79 Å². The highest BCUT2D eigenvalue weighted by molar-refractivity contribution is 5.95. The summed E-state index contributed by atoms with van der Waals surface area (Å²) in [6.45, 7) is 8.57. The van der Waals surface area contributed by atoms with Crippen molar-refractivity contribution in [2.75, 3.05) is 18.5 Å². The number of carbonyl (C=O) groups excluding carboxylic acids is 2.